The third-order valence-corrected chi connectivity index (χ3v) is 6.32. The summed E-state index contributed by atoms with van der Waals surface area (Å²) in [4.78, 5) is 15.0. The average Bonchev–Trinajstić information content (AvgIpc) is 2.87. The minimum atomic E-state index is -0.531. The normalized spacial score (nSPS) is 20.4. The van der Waals surface area contributed by atoms with E-state index in [2.05, 4.69) is 25.2 Å². The fourth-order valence-corrected chi connectivity index (χ4v) is 4.46. The Labute approximate surface area is 196 Å². The van der Waals surface area contributed by atoms with Gasteiger partial charge in [-0.1, -0.05) is 0 Å². The third-order valence-electron chi connectivity index (χ3n) is 6.32. The number of aromatic nitrogens is 3. The Balaban J connectivity index is 1.16. The maximum Gasteiger partial charge on any atom is 0.257 e. The van der Waals surface area contributed by atoms with E-state index in [-0.39, 0.29) is 11.9 Å². The van der Waals surface area contributed by atoms with Gasteiger partial charge >= 0.3 is 0 Å². The molecule has 180 valence electrons. The second-order valence-corrected chi connectivity index (χ2v) is 8.54. The number of nitrogens with one attached hydrogen (secondary N) is 1. The van der Waals surface area contributed by atoms with Gasteiger partial charge in [-0.3, -0.25) is 4.98 Å². The summed E-state index contributed by atoms with van der Waals surface area (Å²) in [5, 5.41) is 14.2. The fourth-order valence-electron chi connectivity index (χ4n) is 4.46. The number of fused-ring (bicyclic) bond motifs is 2. The third kappa shape index (κ3) is 4.89. The Morgan fingerprint density at radius 2 is 2.12 bits per heavy atom. The molecule has 34 heavy (non-hydrogen) atoms. The van der Waals surface area contributed by atoms with E-state index in [9.17, 15) is 9.50 Å². The van der Waals surface area contributed by atoms with Crippen LogP contribution >= 0.6 is 0 Å². The van der Waals surface area contributed by atoms with Gasteiger partial charge in [0.15, 0.2) is 5.75 Å². The van der Waals surface area contributed by atoms with Gasteiger partial charge < -0.3 is 29.5 Å². The molecular weight excluding hydrogens is 441 g/mol. The highest BCUT2D eigenvalue weighted by molar-refractivity contribution is 5.78. The molecule has 2 aliphatic rings. The van der Waals surface area contributed by atoms with Gasteiger partial charge in [0, 0.05) is 43.5 Å². The number of aliphatic hydroxyl groups excluding tert-OH is 1. The van der Waals surface area contributed by atoms with E-state index in [1.54, 1.807) is 18.3 Å². The lowest BCUT2D eigenvalue weighted by Crippen LogP contribution is -2.52. The number of methoxy groups -OCH3 is 1. The smallest absolute Gasteiger partial charge is 0.257 e. The van der Waals surface area contributed by atoms with E-state index in [0.717, 1.165) is 18.5 Å². The average molecular weight is 470 g/mol. The highest BCUT2D eigenvalue weighted by atomic mass is 19.1. The first-order chi connectivity index (χ1) is 16.6. The van der Waals surface area contributed by atoms with Crippen LogP contribution < -0.4 is 19.5 Å². The summed E-state index contributed by atoms with van der Waals surface area (Å²) in [6, 6.07) is 5.38. The van der Waals surface area contributed by atoms with Crippen molar-refractivity contribution in [1.82, 2.24) is 25.2 Å². The van der Waals surface area contributed by atoms with Crippen LogP contribution in [0.3, 0.4) is 0 Å². The number of β-amino-alcohol motifs (C(OH)–C–C–N with tert-alkyl or cyclic N) is 1. The number of piperidine rings is 1. The van der Waals surface area contributed by atoms with Crippen molar-refractivity contribution in [2.75, 3.05) is 40.0 Å². The summed E-state index contributed by atoms with van der Waals surface area (Å²) in [6.45, 7) is 3.54. The summed E-state index contributed by atoms with van der Waals surface area (Å²) < 4.78 is 30.8. The van der Waals surface area contributed by atoms with Crippen molar-refractivity contribution in [2.45, 2.75) is 31.5 Å². The SMILES string of the molecule is COc1ccc2ncc(F)c(CCN3CC[C@H](NCc4cnc5c(c4)OCCO5)[C@H](O)C3)c2n1. The van der Waals surface area contributed by atoms with Gasteiger partial charge in [-0.15, -0.1) is 0 Å². The molecule has 0 aromatic carbocycles. The molecule has 1 fully saturated rings. The van der Waals surface area contributed by atoms with Crippen molar-refractivity contribution in [3.05, 3.63) is 47.5 Å². The number of hydrogen-bond acceptors (Lipinski definition) is 9. The van der Waals surface area contributed by atoms with Crippen LogP contribution in [0.5, 0.6) is 17.5 Å². The lowest BCUT2D eigenvalue weighted by molar-refractivity contribution is 0.0403. The van der Waals surface area contributed by atoms with Crippen LogP contribution in [0.4, 0.5) is 4.39 Å². The summed E-state index contributed by atoms with van der Waals surface area (Å²) in [5.41, 5.74) is 2.64. The van der Waals surface area contributed by atoms with Gasteiger partial charge in [0.05, 0.1) is 30.4 Å². The van der Waals surface area contributed by atoms with Crippen LogP contribution in [0, 0.1) is 5.82 Å². The van der Waals surface area contributed by atoms with Gasteiger partial charge in [0.1, 0.15) is 19.0 Å². The van der Waals surface area contributed by atoms with Crippen LogP contribution in [-0.2, 0) is 13.0 Å². The predicted octanol–water partition coefficient (Wildman–Crippen LogP) is 1.71. The molecule has 10 heteroatoms. The van der Waals surface area contributed by atoms with E-state index >= 15 is 0 Å². The van der Waals surface area contributed by atoms with E-state index < -0.39 is 6.10 Å². The Hall–Kier alpha value is -3.08. The number of likely N-dealkylation sites (tertiary alicyclic amines) is 1. The van der Waals surface area contributed by atoms with Crippen molar-refractivity contribution in [3.8, 4) is 17.5 Å². The van der Waals surface area contributed by atoms with E-state index in [0.29, 0.717) is 73.4 Å². The molecule has 0 saturated carbocycles. The highest BCUT2D eigenvalue weighted by Gasteiger charge is 2.27. The molecule has 2 N–H and O–H groups in total. The van der Waals surface area contributed by atoms with Crippen molar-refractivity contribution >= 4 is 11.0 Å². The molecule has 0 aliphatic carbocycles. The maximum atomic E-state index is 14.6. The second kappa shape index (κ2) is 10.0. The number of pyridine rings is 3. The van der Waals surface area contributed by atoms with E-state index in [4.69, 9.17) is 14.2 Å². The first kappa shape index (κ1) is 22.7. The molecule has 1 saturated heterocycles. The largest absolute Gasteiger partial charge is 0.484 e. The topological polar surface area (TPSA) is 102 Å². The molecule has 2 atom stereocenters. The van der Waals surface area contributed by atoms with Crippen LogP contribution in [0.25, 0.3) is 11.0 Å². The zero-order valence-corrected chi connectivity index (χ0v) is 19.0. The molecule has 0 radical (unpaired) electrons. The highest BCUT2D eigenvalue weighted by Crippen LogP contribution is 2.28. The summed E-state index contributed by atoms with van der Waals surface area (Å²) in [6.07, 6.45) is 3.72. The Morgan fingerprint density at radius 1 is 1.24 bits per heavy atom. The van der Waals surface area contributed by atoms with Crippen LogP contribution in [-0.4, -0.2) is 77.1 Å². The quantitative estimate of drug-likeness (QED) is 0.535. The summed E-state index contributed by atoms with van der Waals surface area (Å²) in [5.74, 6) is 1.23. The lowest BCUT2D eigenvalue weighted by Gasteiger charge is -2.36. The van der Waals surface area contributed by atoms with Crippen LogP contribution in [0.15, 0.2) is 30.6 Å². The molecule has 5 heterocycles. The molecule has 0 amide bonds. The van der Waals surface area contributed by atoms with Gasteiger partial charge in [-0.05, 0) is 37.1 Å². The molecule has 2 aliphatic heterocycles. The molecular formula is C24H28FN5O4. The minimum Gasteiger partial charge on any atom is -0.484 e. The van der Waals surface area contributed by atoms with Crippen LogP contribution in [0.1, 0.15) is 17.5 Å². The van der Waals surface area contributed by atoms with Crippen molar-refractivity contribution in [1.29, 1.82) is 0 Å². The van der Waals surface area contributed by atoms with Crippen molar-refractivity contribution < 1.29 is 23.7 Å². The first-order valence-corrected chi connectivity index (χ1v) is 11.5. The standard InChI is InChI=1S/C24H28FN5O4/c1-32-22-3-2-19-23(29-22)16(17(25)13-27-19)4-6-30-7-5-18(20(31)14-30)26-11-15-10-21-24(28-12-15)34-9-8-33-21/h2-3,10,12-13,18,20,26,31H,4-9,11,14H2,1H3/t18-,20+/m0/s1. The summed E-state index contributed by atoms with van der Waals surface area (Å²) >= 11 is 0. The Kier molecular flexibility index (Phi) is 6.70. The molecule has 0 bridgehead atoms. The maximum absolute atomic E-state index is 14.6. The zero-order chi connectivity index (χ0) is 23.5. The lowest BCUT2D eigenvalue weighted by atomic mass is 10.0. The Morgan fingerprint density at radius 3 is 2.97 bits per heavy atom. The Bertz CT molecular complexity index is 1160. The molecule has 5 rings (SSSR count). The molecule has 3 aromatic rings. The van der Waals surface area contributed by atoms with Crippen LogP contribution in [0.2, 0.25) is 0 Å². The van der Waals surface area contributed by atoms with E-state index in [1.807, 2.05) is 6.07 Å². The van der Waals surface area contributed by atoms with Crippen molar-refractivity contribution in [3.63, 3.8) is 0 Å². The number of hydrogen-bond donors (Lipinski definition) is 2. The molecule has 0 spiro atoms. The summed E-state index contributed by atoms with van der Waals surface area (Å²) in [7, 11) is 1.53. The van der Waals surface area contributed by atoms with Gasteiger partial charge in [0.2, 0.25) is 5.88 Å². The number of aliphatic hydroxyl groups is 1. The van der Waals surface area contributed by atoms with Gasteiger partial charge in [0.25, 0.3) is 5.88 Å². The second-order valence-electron chi connectivity index (χ2n) is 8.54. The van der Waals surface area contributed by atoms with Gasteiger partial charge in [-0.2, -0.15) is 0 Å². The molecule has 9 nitrogen and oxygen atoms in total. The first-order valence-electron chi connectivity index (χ1n) is 11.5. The van der Waals surface area contributed by atoms with Gasteiger partial charge in [-0.25, -0.2) is 14.4 Å². The number of halogens is 1. The predicted molar refractivity (Wildman–Crippen MR) is 123 cm³/mol. The van der Waals surface area contributed by atoms with E-state index in [1.165, 1.54) is 13.3 Å². The molecule has 0 unspecified atom stereocenters. The zero-order valence-electron chi connectivity index (χ0n) is 19.0. The minimum absolute atomic E-state index is 0.0335. The number of nitrogens with zero attached hydrogens (tertiary/aromatic N) is 4. The van der Waals surface area contributed by atoms with Crippen molar-refractivity contribution in [2.24, 2.45) is 0 Å². The number of ether oxygens (including phenoxy) is 3. The molecule has 3 aromatic heterocycles. The monoisotopic (exact) mass is 469 g/mol. The number of rotatable bonds is 7. The fraction of sp³-hybridized carbons (Fsp3) is 0.458.